The molecule has 0 aromatic heterocycles. The molecule has 3 N–H and O–H groups in total. The lowest BCUT2D eigenvalue weighted by Gasteiger charge is -2.21. The highest BCUT2D eigenvalue weighted by molar-refractivity contribution is 7.80. The summed E-state index contributed by atoms with van der Waals surface area (Å²) in [6.07, 6.45) is 3.27. The smallest absolute Gasteiger partial charge is 0.230 e. The van der Waals surface area contributed by atoms with Crippen molar-refractivity contribution in [3.05, 3.63) is 0 Å². The molecule has 0 aliphatic rings. The van der Waals surface area contributed by atoms with E-state index in [1.165, 1.54) is 0 Å². The second-order valence-corrected chi connectivity index (χ2v) is 5.15. The van der Waals surface area contributed by atoms with Crippen molar-refractivity contribution in [2.75, 3.05) is 0 Å². The molecule has 0 spiro atoms. The highest BCUT2D eigenvalue weighted by Crippen LogP contribution is 2.12. The standard InChI is InChI=1S/C12H24N2OS/c1-5-6-7-9(4)14-12(15)10(8(2)3)11(13)16/h8-10H,5-7H2,1-4H3,(H2,13,16)(H,14,15). The van der Waals surface area contributed by atoms with Crippen molar-refractivity contribution >= 4 is 23.1 Å². The monoisotopic (exact) mass is 244 g/mol. The maximum atomic E-state index is 11.9. The third-order valence-electron chi connectivity index (χ3n) is 2.64. The van der Waals surface area contributed by atoms with Crippen molar-refractivity contribution in [3.63, 3.8) is 0 Å². The first-order valence-electron chi connectivity index (χ1n) is 5.99. The lowest BCUT2D eigenvalue weighted by atomic mass is 9.94. The number of nitrogens with two attached hydrogens (primary N) is 1. The fourth-order valence-electron chi connectivity index (χ4n) is 1.68. The van der Waals surface area contributed by atoms with E-state index in [0.29, 0.717) is 0 Å². The van der Waals surface area contributed by atoms with Crippen molar-refractivity contribution in [1.29, 1.82) is 0 Å². The molecule has 2 unspecified atom stereocenters. The summed E-state index contributed by atoms with van der Waals surface area (Å²) >= 11 is 4.93. The Morgan fingerprint density at radius 3 is 2.31 bits per heavy atom. The molecule has 0 aromatic carbocycles. The molecular weight excluding hydrogens is 220 g/mol. The first kappa shape index (κ1) is 15.4. The van der Waals surface area contributed by atoms with Gasteiger partial charge in [-0.2, -0.15) is 0 Å². The van der Waals surface area contributed by atoms with Crippen molar-refractivity contribution in [1.82, 2.24) is 5.32 Å². The molecule has 0 saturated carbocycles. The highest BCUT2D eigenvalue weighted by atomic mass is 32.1. The van der Waals surface area contributed by atoms with E-state index in [4.69, 9.17) is 18.0 Å². The lowest BCUT2D eigenvalue weighted by molar-refractivity contribution is -0.124. The molecule has 0 heterocycles. The third kappa shape index (κ3) is 5.45. The number of unbranched alkanes of at least 4 members (excludes halogenated alkanes) is 1. The molecule has 1 amide bonds. The van der Waals surface area contributed by atoms with Gasteiger partial charge in [-0.3, -0.25) is 4.79 Å². The molecule has 0 saturated heterocycles. The fraction of sp³-hybridized carbons (Fsp3) is 0.833. The molecule has 0 fully saturated rings. The molecule has 94 valence electrons. The maximum Gasteiger partial charge on any atom is 0.230 e. The fourth-order valence-corrected chi connectivity index (χ4v) is 2.05. The van der Waals surface area contributed by atoms with Gasteiger partial charge in [0.05, 0.1) is 10.9 Å². The molecule has 0 rings (SSSR count). The SMILES string of the molecule is CCCCC(C)NC(=O)C(C(N)=S)C(C)C. The van der Waals surface area contributed by atoms with E-state index in [9.17, 15) is 4.79 Å². The van der Waals surface area contributed by atoms with Crippen molar-refractivity contribution in [2.45, 2.75) is 53.0 Å². The molecule has 0 bridgehead atoms. The summed E-state index contributed by atoms with van der Waals surface area (Å²) in [6, 6.07) is 0.197. The van der Waals surface area contributed by atoms with Crippen LogP contribution in [0.2, 0.25) is 0 Å². The first-order chi connectivity index (χ1) is 7.40. The Morgan fingerprint density at radius 2 is 1.94 bits per heavy atom. The Labute approximate surface area is 104 Å². The average Bonchev–Trinajstić information content (AvgIpc) is 2.13. The van der Waals surface area contributed by atoms with Gasteiger partial charge in [-0.05, 0) is 19.3 Å². The van der Waals surface area contributed by atoms with Gasteiger partial charge in [0.25, 0.3) is 0 Å². The van der Waals surface area contributed by atoms with Crippen LogP contribution in [0, 0.1) is 11.8 Å². The van der Waals surface area contributed by atoms with Crippen LogP contribution in [0.25, 0.3) is 0 Å². The molecule has 0 aliphatic carbocycles. The highest BCUT2D eigenvalue weighted by Gasteiger charge is 2.25. The van der Waals surface area contributed by atoms with E-state index >= 15 is 0 Å². The summed E-state index contributed by atoms with van der Waals surface area (Å²) in [5.74, 6) is -0.235. The Balaban J connectivity index is 4.25. The van der Waals surface area contributed by atoms with Crippen molar-refractivity contribution < 1.29 is 4.79 Å². The second kappa shape index (κ2) is 7.60. The summed E-state index contributed by atoms with van der Waals surface area (Å²) in [5, 5.41) is 2.97. The number of rotatable bonds is 7. The van der Waals surface area contributed by atoms with Gasteiger partial charge < -0.3 is 11.1 Å². The van der Waals surface area contributed by atoms with Gasteiger partial charge in [0, 0.05) is 6.04 Å². The maximum absolute atomic E-state index is 11.9. The number of carbonyl (C=O) groups excluding carboxylic acids is 1. The molecule has 4 heteroatoms. The van der Waals surface area contributed by atoms with Crippen LogP contribution in [0.15, 0.2) is 0 Å². The van der Waals surface area contributed by atoms with Crippen LogP contribution in [0.5, 0.6) is 0 Å². The predicted molar refractivity (Wildman–Crippen MR) is 72.2 cm³/mol. The zero-order valence-corrected chi connectivity index (χ0v) is 11.6. The van der Waals surface area contributed by atoms with Gasteiger partial charge >= 0.3 is 0 Å². The normalized spacial score (nSPS) is 14.6. The Hall–Kier alpha value is -0.640. The van der Waals surface area contributed by atoms with Crippen molar-refractivity contribution in [3.8, 4) is 0 Å². The summed E-state index contributed by atoms with van der Waals surface area (Å²) in [6.45, 7) is 8.07. The molecule has 3 nitrogen and oxygen atoms in total. The van der Waals surface area contributed by atoms with E-state index in [1.807, 2.05) is 20.8 Å². The number of hydrogen-bond donors (Lipinski definition) is 2. The summed E-state index contributed by atoms with van der Waals surface area (Å²) in [7, 11) is 0. The van der Waals surface area contributed by atoms with E-state index in [0.717, 1.165) is 19.3 Å². The molecular formula is C12H24N2OS. The largest absolute Gasteiger partial charge is 0.393 e. The van der Waals surface area contributed by atoms with E-state index in [1.54, 1.807) is 0 Å². The van der Waals surface area contributed by atoms with Crippen molar-refractivity contribution in [2.24, 2.45) is 17.6 Å². The summed E-state index contributed by atoms with van der Waals surface area (Å²) in [4.78, 5) is 12.2. The van der Waals surface area contributed by atoms with E-state index in [2.05, 4.69) is 12.2 Å². The van der Waals surface area contributed by atoms with Crippen LogP contribution in [-0.4, -0.2) is 16.9 Å². The Kier molecular flexibility index (Phi) is 7.30. The molecule has 0 aromatic rings. The zero-order valence-electron chi connectivity index (χ0n) is 10.7. The minimum Gasteiger partial charge on any atom is -0.393 e. The van der Waals surface area contributed by atoms with Gasteiger partial charge in [-0.15, -0.1) is 0 Å². The molecule has 2 atom stereocenters. The van der Waals surface area contributed by atoms with Gasteiger partial charge in [-0.25, -0.2) is 0 Å². The Morgan fingerprint density at radius 1 is 1.38 bits per heavy atom. The van der Waals surface area contributed by atoms with Crippen LogP contribution in [-0.2, 0) is 4.79 Å². The number of nitrogens with one attached hydrogen (secondary N) is 1. The number of amides is 1. The van der Waals surface area contributed by atoms with Crippen LogP contribution in [0.3, 0.4) is 0 Å². The number of hydrogen-bond acceptors (Lipinski definition) is 2. The van der Waals surface area contributed by atoms with Gasteiger partial charge in [0.15, 0.2) is 0 Å². The minimum atomic E-state index is -0.348. The molecule has 0 aliphatic heterocycles. The minimum absolute atomic E-state index is 0.0360. The number of thiocarbonyl (C=S) groups is 1. The average molecular weight is 244 g/mol. The van der Waals surface area contributed by atoms with Crippen LogP contribution >= 0.6 is 12.2 Å². The quantitative estimate of drug-likeness (QED) is 0.675. The van der Waals surface area contributed by atoms with Crippen LogP contribution in [0.1, 0.15) is 47.0 Å². The molecule has 16 heavy (non-hydrogen) atoms. The lowest BCUT2D eigenvalue weighted by Crippen LogP contribution is -2.44. The second-order valence-electron chi connectivity index (χ2n) is 4.68. The van der Waals surface area contributed by atoms with E-state index < -0.39 is 0 Å². The molecule has 0 radical (unpaired) electrons. The van der Waals surface area contributed by atoms with Gasteiger partial charge in [-0.1, -0.05) is 45.8 Å². The first-order valence-corrected chi connectivity index (χ1v) is 6.40. The zero-order chi connectivity index (χ0) is 12.7. The summed E-state index contributed by atoms with van der Waals surface area (Å²) < 4.78 is 0. The van der Waals surface area contributed by atoms with Crippen LogP contribution < -0.4 is 11.1 Å². The Bertz CT molecular complexity index is 241. The number of carbonyl (C=O) groups is 1. The summed E-state index contributed by atoms with van der Waals surface area (Å²) in [5.41, 5.74) is 5.59. The third-order valence-corrected chi connectivity index (χ3v) is 2.89. The van der Waals surface area contributed by atoms with Gasteiger partial charge in [0.1, 0.15) is 0 Å². The topological polar surface area (TPSA) is 55.1 Å². The predicted octanol–water partition coefficient (Wildman–Crippen LogP) is 2.24. The van der Waals surface area contributed by atoms with Gasteiger partial charge in [0.2, 0.25) is 5.91 Å². The van der Waals surface area contributed by atoms with Crippen LogP contribution in [0.4, 0.5) is 0 Å². The van der Waals surface area contributed by atoms with E-state index in [-0.39, 0.29) is 28.8 Å².